The summed E-state index contributed by atoms with van der Waals surface area (Å²) in [6.45, 7) is 2.40. The highest BCUT2D eigenvalue weighted by molar-refractivity contribution is 5.58. The Kier molecular flexibility index (Phi) is 3.84. The van der Waals surface area contributed by atoms with Crippen molar-refractivity contribution in [3.05, 3.63) is 41.8 Å². The third kappa shape index (κ3) is 2.62. The van der Waals surface area contributed by atoms with E-state index in [0.29, 0.717) is 11.4 Å². The minimum atomic E-state index is -0.427. The van der Waals surface area contributed by atoms with Crippen LogP contribution in [0.3, 0.4) is 0 Å². The lowest BCUT2D eigenvalue weighted by Crippen LogP contribution is -2.01. The van der Waals surface area contributed by atoms with E-state index in [2.05, 4.69) is 15.3 Å². The van der Waals surface area contributed by atoms with Gasteiger partial charge in [-0.15, -0.1) is 0 Å². The SMILES string of the molecule is CCNc1ccnc(-c2ccc(F)c(CO)c2)n1. The molecule has 1 aromatic heterocycles. The number of aromatic nitrogens is 2. The number of rotatable bonds is 4. The fourth-order valence-electron chi connectivity index (χ4n) is 1.61. The molecule has 94 valence electrons. The van der Waals surface area contributed by atoms with Gasteiger partial charge >= 0.3 is 0 Å². The van der Waals surface area contributed by atoms with Gasteiger partial charge in [-0.3, -0.25) is 0 Å². The van der Waals surface area contributed by atoms with Gasteiger partial charge in [-0.05, 0) is 31.2 Å². The van der Waals surface area contributed by atoms with Gasteiger partial charge in [0.15, 0.2) is 5.82 Å². The summed E-state index contributed by atoms with van der Waals surface area (Å²) in [5.74, 6) is 0.796. The van der Waals surface area contributed by atoms with E-state index in [-0.39, 0.29) is 12.2 Å². The number of hydrogen-bond donors (Lipinski definition) is 2. The molecule has 0 unspecified atom stereocenters. The van der Waals surface area contributed by atoms with Crippen LogP contribution in [0.25, 0.3) is 11.4 Å². The number of benzene rings is 1. The van der Waals surface area contributed by atoms with Crippen molar-refractivity contribution >= 4 is 5.82 Å². The molecule has 0 radical (unpaired) electrons. The van der Waals surface area contributed by atoms with Crippen molar-refractivity contribution in [3.63, 3.8) is 0 Å². The van der Waals surface area contributed by atoms with E-state index in [1.165, 1.54) is 6.07 Å². The maximum Gasteiger partial charge on any atom is 0.161 e. The molecule has 0 aliphatic carbocycles. The standard InChI is InChI=1S/C13H14FN3O/c1-2-15-12-5-6-16-13(17-12)9-3-4-11(14)10(7-9)8-18/h3-7,18H,2,8H2,1H3,(H,15,16,17). The molecule has 5 heteroatoms. The Balaban J connectivity index is 2.38. The normalized spacial score (nSPS) is 10.4. The van der Waals surface area contributed by atoms with E-state index >= 15 is 0 Å². The minimum absolute atomic E-state index is 0.241. The second kappa shape index (κ2) is 5.55. The zero-order valence-electron chi connectivity index (χ0n) is 10.0. The van der Waals surface area contributed by atoms with Gasteiger partial charge < -0.3 is 10.4 Å². The molecule has 0 saturated carbocycles. The van der Waals surface area contributed by atoms with Crippen molar-refractivity contribution < 1.29 is 9.50 Å². The molecule has 0 saturated heterocycles. The lowest BCUT2D eigenvalue weighted by Gasteiger charge is -2.06. The van der Waals surface area contributed by atoms with Crippen LogP contribution in [0.1, 0.15) is 12.5 Å². The summed E-state index contributed by atoms with van der Waals surface area (Å²) < 4.78 is 13.3. The van der Waals surface area contributed by atoms with Crippen LogP contribution in [0.5, 0.6) is 0 Å². The van der Waals surface area contributed by atoms with Gasteiger partial charge in [0, 0.05) is 23.9 Å². The van der Waals surface area contributed by atoms with Crippen LogP contribution in [-0.2, 0) is 6.61 Å². The van der Waals surface area contributed by atoms with Gasteiger partial charge in [0.25, 0.3) is 0 Å². The number of nitrogens with zero attached hydrogens (tertiary/aromatic N) is 2. The number of anilines is 1. The van der Waals surface area contributed by atoms with E-state index in [1.807, 2.05) is 6.92 Å². The second-order valence-electron chi connectivity index (χ2n) is 3.76. The Bertz CT molecular complexity index is 546. The number of hydrogen-bond acceptors (Lipinski definition) is 4. The molecule has 18 heavy (non-hydrogen) atoms. The van der Waals surface area contributed by atoms with Crippen LogP contribution in [0.2, 0.25) is 0 Å². The molecule has 4 nitrogen and oxygen atoms in total. The molecule has 0 atom stereocenters. The van der Waals surface area contributed by atoms with E-state index in [1.54, 1.807) is 24.4 Å². The van der Waals surface area contributed by atoms with Crippen LogP contribution in [0.15, 0.2) is 30.5 Å². The van der Waals surface area contributed by atoms with Crippen molar-refractivity contribution in [1.29, 1.82) is 0 Å². The molecule has 1 aromatic carbocycles. The Morgan fingerprint density at radius 2 is 2.17 bits per heavy atom. The number of aliphatic hydroxyl groups excluding tert-OH is 1. The summed E-state index contributed by atoms with van der Waals surface area (Å²) in [5.41, 5.74) is 0.921. The van der Waals surface area contributed by atoms with E-state index in [4.69, 9.17) is 5.11 Å². The van der Waals surface area contributed by atoms with Crippen molar-refractivity contribution in [1.82, 2.24) is 9.97 Å². The van der Waals surface area contributed by atoms with Gasteiger partial charge in [-0.1, -0.05) is 0 Å². The summed E-state index contributed by atoms with van der Waals surface area (Å²) in [6, 6.07) is 6.23. The largest absolute Gasteiger partial charge is 0.392 e. The van der Waals surface area contributed by atoms with Crippen molar-refractivity contribution in [2.45, 2.75) is 13.5 Å². The van der Waals surface area contributed by atoms with Gasteiger partial charge in [-0.2, -0.15) is 0 Å². The molecule has 2 aromatic rings. The molecule has 2 rings (SSSR count). The molecule has 1 heterocycles. The molecule has 0 amide bonds. The fraction of sp³-hybridized carbons (Fsp3) is 0.231. The molecular formula is C13H14FN3O. The molecule has 0 aliphatic rings. The number of halogens is 1. The number of aliphatic hydroxyl groups is 1. The fourth-order valence-corrected chi connectivity index (χ4v) is 1.61. The maximum atomic E-state index is 13.3. The zero-order chi connectivity index (χ0) is 13.0. The Morgan fingerprint density at radius 1 is 1.33 bits per heavy atom. The van der Waals surface area contributed by atoms with Crippen molar-refractivity contribution in [2.24, 2.45) is 0 Å². The zero-order valence-corrected chi connectivity index (χ0v) is 10.0. The van der Waals surface area contributed by atoms with Crippen LogP contribution in [0, 0.1) is 5.82 Å². The third-order valence-corrected chi connectivity index (χ3v) is 2.49. The highest BCUT2D eigenvalue weighted by Gasteiger charge is 2.07. The molecule has 0 fully saturated rings. The first-order valence-electron chi connectivity index (χ1n) is 5.71. The highest BCUT2D eigenvalue weighted by atomic mass is 19.1. The maximum absolute atomic E-state index is 13.3. The highest BCUT2D eigenvalue weighted by Crippen LogP contribution is 2.19. The molecular weight excluding hydrogens is 233 g/mol. The first-order valence-corrected chi connectivity index (χ1v) is 5.71. The Hall–Kier alpha value is -2.01. The smallest absolute Gasteiger partial charge is 0.161 e. The lowest BCUT2D eigenvalue weighted by molar-refractivity contribution is 0.276. The van der Waals surface area contributed by atoms with Crippen LogP contribution in [0.4, 0.5) is 10.2 Å². The minimum Gasteiger partial charge on any atom is -0.392 e. The Labute approximate surface area is 105 Å². The van der Waals surface area contributed by atoms with Gasteiger partial charge in [0.05, 0.1) is 6.61 Å². The Morgan fingerprint density at radius 3 is 2.89 bits per heavy atom. The van der Waals surface area contributed by atoms with Crippen molar-refractivity contribution in [2.75, 3.05) is 11.9 Å². The van der Waals surface area contributed by atoms with Gasteiger partial charge in [0.2, 0.25) is 0 Å². The van der Waals surface area contributed by atoms with Crippen LogP contribution < -0.4 is 5.32 Å². The first kappa shape index (κ1) is 12.4. The predicted molar refractivity (Wildman–Crippen MR) is 67.5 cm³/mol. The number of nitrogens with one attached hydrogen (secondary N) is 1. The summed E-state index contributed by atoms with van der Waals surface area (Å²) in [5, 5.41) is 12.1. The predicted octanol–water partition coefficient (Wildman–Crippen LogP) is 2.21. The average molecular weight is 247 g/mol. The third-order valence-electron chi connectivity index (χ3n) is 2.49. The van der Waals surface area contributed by atoms with E-state index in [0.717, 1.165) is 12.4 Å². The summed E-state index contributed by atoms with van der Waals surface area (Å²) in [4.78, 5) is 8.45. The van der Waals surface area contributed by atoms with E-state index in [9.17, 15) is 4.39 Å². The monoisotopic (exact) mass is 247 g/mol. The van der Waals surface area contributed by atoms with Crippen LogP contribution >= 0.6 is 0 Å². The van der Waals surface area contributed by atoms with Crippen molar-refractivity contribution in [3.8, 4) is 11.4 Å². The molecule has 2 N–H and O–H groups in total. The summed E-state index contributed by atoms with van der Waals surface area (Å²) >= 11 is 0. The first-order chi connectivity index (χ1) is 8.74. The van der Waals surface area contributed by atoms with Crippen LogP contribution in [-0.4, -0.2) is 21.6 Å². The molecule has 0 aliphatic heterocycles. The van der Waals surface area contributed by atoms with Gasteiger partial charge in [0.1, 0.15) is 11.6 Å². The average Bonchev–Trinajstić information content (AvgIpc) is 2.40. The molecule has 0 spiro atoms. The quantitative estimate of drug-likeness (QED) is 0.869. The summed E-state index contributed by atoms with van der Waals surface area (Å²) in [7, 11) is 0. The van der Waals surface area contributed by atoms with Gasteiger partial charge in [-0.25, -0.2) is 14.4 Å². The lowest BCUT2D eigenvalue weighted by atomic mass is 10.1. The summed E-state index contributed by atoms with van der Waals surface area (Å²) in [6.07, 6.45) is 1.64. The molecule has 0 bridgehead atoms. The topological polar surface area (TPSA) is 58.0 Å². The second-order valence-corrected chi connectivity index (χ2v) is 3.76. The van der Waals surface area contributed by atoms with E-state index < -0.39 is 5.82 Å².